The summed E-state index contributed by atoms with van der Waals surface area (Å²) in [6, 6.07) is 16.4. The van der Waals surface area contributed by atoms with Crippen LogP contribution in [0.1, 0.15) is 47.2 Å². The van der Waals surface area contributed by atoms with Crippen molar-refractivity contribution in [3.8, 4) is 23.1 Å². The van der Waals surface area contributed by atoms with Crippen molar-refractivity contribution in [3.05, 3.63) is 84.3 Å². The number of hydrogen-bond acceptors (Lipinski definition) is 7. The second-order valence-electron chi connectivity index (χ2n) is 8.42. The number of aryl methyl sites for hydroxylation is 1. The Morgan fingerprint density at radius 3 is 2.60 bits per heavy atom. The third kappa shape index (κ3) is 4.98. The highest BCUT2D eigenvalue weighted by Gasteiger charge is 2.31. The van der Waals surface area contributed by atoms with Crippen molar-refractivity contribution in [1.29, 1.82) is 0 Å². The standard InChI is InChI=1S/C26H26N6O3/c1-18-13-24(35-22-10-6-9-21(15-22)34-2)30-25(29-18)23-11-3-4-12-32(23)26(33)19-7-5-8-20(14-19)31-16-27-28-17-31/h5-10,13-17,23H,3-4,11-12H2,1-2H3/t23-/m0/s1. The van der Waals surface area contributed by atoms with Gasteiger partial charge in [-0.05, 0) is 56.5 Å². The molecule has 2 aromatic carbocycles. The molecule has 0 spiro atoms. The number of aromatic nitrogens is 5. The lowest BCUT2D eigenvalue weighted by molar-refractivity contribution is 0.0598. The maximum atomic E-state index is 13.6. The Hall–Kier alpha value is -4.27. The van der Waals surface area contributed by atoms with E-state index in [1.807, 2.05) is 54.3 Å². The number of likely N-dealkylation sites (tertiary alicyclic amines) is 1. The fraction of sp³-hybridized carbons (Fsp3) is 0.269. The Morgan fingerprint density at radius 2 is 1.77 bits per heavy atom. The molecule has 3 heterocycles. The van der Waals surface area contributed by atoms with Gasteiger partial charge in [0.2, 0.25) is 5.88 Å². The van der Waals surface area contributed by atoms with Crippen LogP contribution in [0.4, 0.5) is 0 Å². The van der Waals surface area contributed by atoms with Crippen molar-refractivity contribution in [3.63, 3.8) is 0 Å². The lowest BCUT2D eigenvalue weighted by Gasteiger charge is -2.35. The molecule has 1 aliphatic rings. The molecule has 178 valence electrons. The van der Waals surface area contributed by atoms with E-state index in [4.69, 9.17) is 14.5 Å². The number of ether oxygens (including phenoxy) is 2. The summed E-state index contributed by atoms with van der Waals surface area (Å²) >= 11 is 0. The van der Waals surface area contributed by atoms with Gasteiger partial charge in [-0.2, -0.15) is 4.98 Å². The SMILES string of the molecule is COc1cccc(Oc2cc(C)nc([C@@H]3CCCCN3C(=O)c3cccc(-n4cnnc4)c3)n2)c1. The lowest BCUT2D eigenvalue weighted by atomic mass is 9.99. The molecule has 1 aliphatic heterocycles. The van der Waals surface area contributed by atoms with Crippen molar-refractivity contribution < 1.29 is 14.3 Å². The van der Waals surface area contributed by atoms with Gasteiger partial charge in [0.15, 0.2) is 5.82 Å². The van der Waals surface area contributed by atoms with Gasteiger partial charge in [-0.25, -0.2) is 4.98 Å². The van der Waals surface area contributed by atoms with Crippen LogP contribution in [0, 0.1) is 6.92 Å². The smallest absolute Gasteiger partial charge is 0.254 e. The van der Waals surface area contributed by atoms with E-state index in [0.717, 1.165) is 30.6 Å². The molecular weight excluding hydrogens is 444 g/mol. The topological polar surface area (TPSA) is 95.3 Å². The van der Waals surface area contributed by atoms with Crippen LogP contribution in [0.3, 0.4) is 0 Å². The summed E-state index contributed by atoms with van der Waals surface area (Å²) in [4.78, 5) is 24.9. The predicted octanol–water partition coefficient (Wildman–Crippen LogP) is 4.53. The summed E-state index contributed by atoms with van der Waals surface area (Å²) in [7, 11) is 1.61. The molecule has 0 unspecified atom stereocenters. The van der Waals surface area contributed by atoms with Crippen LogP contribution in [0.5, 0.6) is 17.4 Å². The van der Waals surface area contributed by atoms with E-state index in [9.17, 15) is 4.79 Å². The van der Waals surface area contributed by atoms with E-state index in [-0.39, 0.29) is 11.9 Å². The highest BCUT2D eigenvalue weighted by Crippen LogP contribution is 2.32. The van der Waals surface area contributed by atoms with Crippen molar-refractivity contribution >= 4 is 5.91 Å². The average Bonchev–Trinajstić information content (AvgIpc) is 3.43. The summed E-state index contributed by atoms with van der Waals surface area (Å²) in [6.07, 6.45) is 5.94. The van der Waals surface area contributed by atoms with E-state index in [2.05, 4.69) is 15.2 Å². The molecular formula is C26H26N6O3. The van der Waals surface area contributed by atoms with E-state index < -0.39 is 0 Å². The third-order valence-electron chi connectivity index (χ3n) is 5.98. The van der Waals surface area contributed by atoms with Crippen LogP contribution in [0.15, 0.2) is 67.3 Å². The molecule has 35 heavy (non-hydrogen) atoms. The Kier molecular flexibility index (Phi) is 6.38. The highest BCUT2D eigenvalue weighted by molar-refractivity contribution is 5.95. The molecule has 9 heteroatoms. The van der Waals surface area contributed by atoms with Gasteiger partial charge in [-0.1, -0.05) is 12.1 Å². The van der Waals surface area contributed by atoms with Gasteiger partial charge in [0.05, 0.1) is 13.2 Å². The van der Waals surface area contributed by atoms with Crippen molar-refractivity contribution in [2.75, 3.05) is 13.7 Å². The maximum Gasteiger partial charge on any atom is 0.254 e. The van der Waals surface area contributed by atoms with Crippen molar-refractivity contribution in [1.82, 2.24) is 29.6 Å². The zero-order chi connectivity index (χ0) is 24.2. The number of amides is 1. The van der Waals surface area contributed by atoms with E-state index in [0.29, 0.717) is 35.3 Å². The van der Waals surface area contributed by atoms with Gasteiger partial charge >= 0.3 is 0 Å². The summed E-state index contributed by atoms with van der Waals surface area (Å²) in [5.41, 5.74) is 2.21. The van der Waals surface area contributed by atoms with Gasteiger partial charge in [-0.15, -0.1) is 10.2 Å². The number of carbonyl (C=O) groups is 1. The highest BCUT2D eigenvalue weighted by atomic mass is 16.5. The molecule has 0 bridgehead atoms. The molecule has 5 rings (SSSR count). The van der Waals surface area contributed by atoms with Gasteiger partial charge in [-0.3, -0.25) is 9.36 Å². The average molecular weight is 471 g/mol. The molecule has 1 fully saturated rings. The van der Waals surface area contributed by atoms with Gasteiger partial charge in [0, 0.05) is 35.6 Å². The molecule has 1 saturated heterocycles. The first-order valence-corrected chi connectivity index (χ1v) is 11.5. The van der Waals surface area contributed by atoms with Crippen molar-refractivity contribution in [2.45, 2.75) is 32.2 Å². The largest absolute Gasteiger partial charge is 0.497 e. The Morgan fingerprint density at radius 1 is 0.971 bits per heavy atom. The number of carbonyl (C=O) groups excluding carboxylic acids is 1. The quantitative estimate of drug-likeness (QED) is 0.408. The van der Waals surface area contributed by atoms with Crippen LogP contribution in [-0.4, -0.2) is 49.2 Å². The predicted molar refractivity (Wildman–Crippen MR) is 129 cm³/mol. The van der Waals surface area contributed by atoms with Gasteiger partial charge in [0.25, 0.3) is 5.91 Å². The fourth-order valence-electron chi connectivity index (χ4n) is 4.29. The number of benzene rings is 2. The zero-order valence-electron chi connectivity index (χ0n) is 19.7. The van der Waals surface area contributed by atoms with E-state index in [1.54, 1.807) is 36.5 Å². The first-order chi connectivity index (χ1) is 17.1. The third-order valence-corrected chi connectivity index (χ3v) is 5.98. The van der Waals surface area contributed by atoms with E-state index >= 15 is 0 Å². The number of piperidine rings is 1. The van der Waals surface area contributed by atoms with Crippen molar-refractivity contribution in [2.24, 2.45) is 0 Å². The van der Waals surface area contributed by atoms with Crippen LogP contribution in [-0.2, 0) is 0 Å². The molecule has 0 saturated carbocycles. The van der Waals surface area contributed by atoms with Gasteiger partial charge < -0.3 is 14.4 Å². The van der Waals surface area contributed by atoms with Crippen LogP contribution >= 0.6 is 0 Å². The minimum absolute atomic E-state index is 0.0509. The molecule has 1 atom stereocenters. The number of hydrogen-bond donors (Lipinski definition) is 0. The Bertz CT molecular complexity index is 1320. The molecule has 4 aromatic rings. The van der Waals surface area contributed by atoms with Crippen LogP contribution in [0.25, 0.3) is 5.69 Å². The second-order valence-corrected chi connectivity index (χ2v) is 8.42. The lowest BCUT2D eigenvalue weighted by Crippen LogP contribution is -2.39. The molecule has 2 aromatic heterocycles. The first kappa shape index (κ1) is 22.5. The number of rotatable bonds is 6. The molecule has 1 amide bonds. The molecule has 0 aliphatic carbocycles. The van der Waals surface area contributed by atoms with E-state index in [1.165, 1.54) is 0 Å². The summed E-state index contributed by atoms with van der Waals surface area (Å²) in [5, 5.41) is 7.71. The maximum absolute atomic E-state index is 13.6. The molecule has 9 nitrogen and oxygen atoms in total. The Balaban J connectivity index is 1.42. The Labute approximate surface area is 203 Å². The normalized spacial score (nSPS) is 15.6. The number of nitrogens with zero attached hydrogens (tertiary/aromatic N) is 6. The fourth-order valence-corrected chi connectivity index (χ4v) is 4.29. The second kappa shape index (κ2) is 9.92. The molecule has 0 N–H and O–H groups in total. The van der Waals surface area contributed by atoms with Crippen LogP contribution < -0.4 is 9.47 Å². The minimum atomic E-state index is -0.234. The van der Waals surface area contributed by atoms with Crippen LogP contribution in [0.2, 0.25) is 0 Å². The molecule has 0 radical (unpaired) electrons. The summed E-state index contributed by atoms with van der Waals surface area (Å²) in [5.74, 6) is 2.30. The minimum Gasteiger partial charge on any atom is -0.497 e. The summed E-state index contributed by atoms with van der Waals surface area (Å²) in [6.45, 7) is 2.55. The zero-order valence-corrected chi connectivity index (χ0v) is 19.7. The first-order valence-electron chi connectivity index (χ1n) is 11.5. The number of methoxy groups -OCH3 is 1. The summed E-state index contributed by atoms with van der Waals surface area (Å²) < 4.78 is 13.1. The van der Waals surface area contributed by atoms with Gasteiger partial charge in [0.1, 0.15) is 24.2 Å². The monoisotopic (exact) mass is 470 g/mol.